The van der Waals surface area contributed by atoms with Crippen molar-refractivity contribution in [3.8, 4) is 11.1 Å². The molecule has 2 aromatic carbocycles. The molecule has 0 aliphatic rings. The molecular formula is C15H12F2O. The zero-order valence-electron chi connectivity index (χ0n) is 9.91. The molecule has 0 bridgehead atoms. The Morgan fingerprint density at radius 2 is 1.72 bits per heavy atom. The number of Topliss-reactive ketones (excluding diaryl/α,β-unsaturated/α-hetero) is 1. The Balaban J connectivity index is 2.40. The molecule has 0 unspecified atom stereocenters. The molecule has 0 saturated carbocycles. The molecule has 0 atom stereocenters. The topological polar surface area (TPSA) is 17.1 Å². The molecule has 0 heterocycles. The highest BCUT2D eigenvalue weighted by Crippen LogP contribution is 2.24. The SMILES string of the molecule is CCC(=O)c1ccc(-c2cccc(F)c2F)cc1. The number of carbonyl (C=O) groups is 1. The highest BCUT2D eigenvalue weighted by atomic mass is 19.2. The zero-order chi connectivity index (χ0) is 13.1. The summed E-state index contributed by atoms with van der Waals surface area (Å²) in [6.07, 6.45) is 0.424. The molecule has 0 fully saturated rings. The highest BCUT2D eigenvalue weighted by molar-refractivity contribution is 5.96. The van der Waals surface area contributed by atoms with Crippen LogP contribution in [0.5, 0.6) is 0 Å². The van der Waals surface area contributed by atoms with Gasteiger partial charge >= 0.3 is 0 Å². The van der Waals surface area contributed by atoms with Crippen molar-refractivity contribution >= 4 is 5.78 Å². The summed E-state index contributed by atoms with van der Waals surface area (Å²) in [4.78, 5) is 11.4. The quantitative estimate of drug-likeness (QED) is 0.741. The van der Waals surface area contributed by atoms with Gasteiger partial charge in [0, 0.05) is 17.5 Å². The third-order valence-electron chi connectivity index (χ3n) is 2.79. The lowest BCUT2D eigenvalue weighted by molar-refractivity contribution is 0.0988. The maximum Gasteiger partial charge on any atom is 0.166 e. The van der Waals surface area contributed by atoms with E-state index < -0.39 is 11.6 Å². The number of hydrogen-bond acceptors (Lipinski definition) is 1. The van der Waals surface area contributed by atoms with Crippen molar-refractivity contribution in [2.45, 2.75) is 13.3 Å². The zero-order valence-corrected chi connectivity index (χ0v) is 9.91. The summed E-state index contributed by atoms with van der Waals surface area (Å²) in [6.45, 7) is 1.78. The monoisotopic (exact) mass is 246 g/mol. The molecule has 0 aliphatic heterocycles. The number of benzene rings is 2. The van der Waals surface area contributed by atoms with Gasteiger partial charge in [-0.1, -0.05) is 43.3 Å². The molecule has 0 N–H and O–H groups in total. The van der Waals surface area contributed by atoms with Crippen LogP contribution in [-0.2, 0) is 0 Å². The lowest BCUT2D eigenvalue weighted by atomic mass is 10.0. The van der Waals surface area contributed by atoms with Crippen molar-refractivity contribution in [3.63, 3.8) is 0 Å². The van der Waals surface area contributed by atoms with Gasteiger partial charge in [0.25, 0.3) is 0 Å². The van der Waals surface area contributed by atoms with Crippen molar-refractivity contribution in [2.24, 2.45) is 0 Å². The van der Waals surface area contributed by atoms with Gasteiger partial charge in [-0.05, 0) is 11.6 Å². The average Bonchev–Trinajstić information content (AvgIpc) is 2.41. The van der Waals surface area contributed by atoms with Gasteiger partial charge in [-0.3, -0.25) is 4.79 Å². The van der Waals surface area contributed by atoms with Gasteiger partial charge in [0.1, 0.15) is 0 Å². The van der Waals surface area contributed by atoms with Gasteiger partial charge in [-0.2, -0.15) is 0 Å². The van der Waals surface area contributed by atoms with E-state index in [-0.39, 0.29) is 11.3 Å². The Labute approximate surface area is 104 Å². The minimum atomic E-state index is -0.874. The van der Waals surface area contributed by atoms with Crippen LogP contribution in [0.3, 0.4) is 0 Å². The van der Waals surface area contributed by atoms with Crippen LogP contribution in [0.15, 0.2) is 42.5 Å². The van der Waals surface area contributed by atoms with E-state index in [2.05, 4.69) is 0 Å². The summed E-state index contributed by atoms with van der Waals surface area (Å²) in [5.74, 6) is -1.71. The second-order valence-electron chi connectivity index (χ2n) is 3.96. The molecule has 0 aromatic heterocycles. The van der Waals surface area contributed by atoms with Crippen LogP contribution in [0.4, 0.5) is 8.78 Å². The summed E-state index contributed by atoms with van der Waals surface area (Å²) in [6, 6.07) is 10.6. The van der Waals surface area contributed by atoms with Crippen LogP contribution < -0.4 is 0 Å². The fraction of sp³-hybridized carbons (Fsp3) is 0.133. The van der Waals surface area contributed by atoms with Crippen LogP contribution in [-0.4, -0.2) is 5.78 Å². The number of ketones is 1. The summed E-state index contributed by atoms with van der Waals surface area (Å²) < 4.78 is 26.7. The molecule has 3 heteroatoms. The average molecular weight is 246 g/mol. The van der Waals surface area contributed by atoms with E-state index in [9.17, 15) is 13.6 Å². The van der Waals surface area contributed by atoms with Gasteiger partial charge in [-0.25, -0.2) is 8.78 Å². The predicted molar refractivity (Wildman–Crippen MR) is 66.4 cm³/mol. The normalized spacial score (nSPS) is 10.4. The molecule has 2 aromatic rings. The number of halogens is 2. The first-order valence-electron chi connectivity index (χ1n) is 5.71. The van der Waals surface area contributed by atoms with E-state index in [4.69, 9.17) is 0 Å². The summed E-state index contributed by atoms with van der Waals surface area (Å²) >= 11 is 0. The third-order valence-corrected chi connectivity index (χ3v) is 2.79. The molecule has 1 nitrogen and oxygen atoms in total. The van der Waals surface area contributed by atoms with Gasteiger partial charge in [0.2, 0.25) is 0 Å². The second kappa shape index (κ2) is 5.08. The molecule has 0 radical (unpaired) electrons. The fourth-order valence-electron chi connectivity index (χ4n) is 1.77. The third kappa shape index (κ3) is 2.30. The largest absolute Gasteiger partial charge is 0.294 e. The molecule has 0 saturated heterocycles. The van der Waals surface area contributed by atoms with Gasteiger partial charge in [-0.15, -0.1) is 0 Å². The van der Waals surface area contributed by atoms with Crippen molar-refractivity contribution in [1.82, 2.24) is 0 Å². The molecule has 92 valence electrons. The smallest absolute Gasteiger partial charge is 0.166 e. The molecule has 0 amide bonds. The first kappa shape index (κ1) is 12.4. The Morgan fingerprint density at radius 1 is 1.06 bits per heavy atom. The number of carbonyl (C=O) groups excluding carboxylic acids is 1. The van der Waals surface area contributed by atoms with Crippen LogP contribution in [0.2, 0.25) is 0 Å². The number of rotatable bonds is 3. The van der Waals surface area contributed by atoms with Gasteiger partial charge < -0.3 is 0 Å². The Bertz CT molecular complexity index is 574. The van der Waals surface area contributed by atoms with E-state index in [1.165, 1.54) is 12.1 Å². The van der Waals surface area contributed by atoms with Crippen molar-refractivity contribution < 1.29 is 13.6 Å². The van der Waals surface area contributed by atoms with Crippen LogP contribution in [0, 0.1) is 11.6 Å². The first-order chi connectivity index (χ1) is 8.63. The molecule has 0 aliphatic carbocycles. The van der Waals surface area contributed by atoms with E-state index >= 15 is 0 Å². The maximum absolute atomic E-state index is 13.6. The number of hydrogen-bond donors (Lipinski definition) is 0. The van der Waals surface area contributed by atoms with Crippen LogP contribution >= 0.6 is 0 Å². The van der Waals surface area contributed by atoms with E-state index in [1.807, 2.05) is 0 Å². The standard InChI is InChI=1S/C15H12F2O/c1-2-14(18)11-8-6-10(7-9-11)12-4-3-5-13(16)15(12)17/h3-9H,2H2,1H3. The second-order valence-corrected chi connectivity index (χ2v) is 3.96. The van der Waals surface area contributed by atoms with Crippen LogP contribution in [0.25, 0.3) is 11.1 Å². The lowest BCUT2D eigenvalue weighted by Crippen LogP contribution is -1.96. The van der Waals surface area contributed by atoms with Crippen LogP contribution in [0.1, 0.15) is 23.7 Å². The Kier molecular flexibility index (Phi) is 3.51. The molecule has 18 heavy (non-hydrogen) atoms. The Morgan fingerprint density at radius 3 is 2.33 bits per heavy atom. The highest BCUT2D eigenvalue weighted by Gasteiger charge is 2.10. The minimum absolute atomic E-state index is 0.0289. The van der Waals surface area contributed by atoms with Crippen molar-refractivity contribution in [3.05, 3.63) is 59.7 Å². The fourth-order valence-corrected chi connectivity index (χ4v) is 1.77. The predicted octanol–water partition coefficient (Wildman–Crippen LogP) is 4.22. The molecule has 2 rings (SSSR count). The minimum Gasteiger partial charge on any atom is -0.294 e. The maximum atomic E-state index is 13.6. The Hall–Kier alpha value is -2.03. The van der Waals surface area contributed by atoms with Crippen molar-refractivity contribution in [1.29, 1.82) is 0 Å². The summed E-state index contributed by atoms with van der Waals surface area (Å²) in [5.41, 5.74) is 1.34. The van der Waals surface area contributed by atoms with E-state index in [1.54, 1.807) is 31.2 Å². The van der Waals surface area contributed by atoms with E-state index in [0.29, 0.717) is 17.5 Å². The lowest BCUT2D eigenvalue weighted by Gasteiger charge is -2.05. The van der Waals surface area contributed by atoms with Gasteiger partial charge in [0.15, 0.2) is 17.4 Å². The van der Waals surface area contributed by atoms with Gasteiger partial charge in [0.05, 0.1) is 0 Å². The molecular weight excluding hydrogens is 234 g/mol. The van der Waals surface area contributed by atoms with Crippen molar-refractivity contribution in [2.75, 3.05) is 0 Å². The molecule has 0 spiro atoms. The summed E-state index contributed by atoms with van der Waals surface area (Å²) in [7, 11) is 0. The summed E-state index contributed by atoms with van der Waals surface area (Å²) in [5, 5.41) is 0. The first-order valence-corrected chi connectivity index (χ1v) is 5.71. The van der Waals surface area contributed by atoms with E-state index in [0.717, 1.165) is 6.07 Å².